The third kappa shape index (κ3) is 6.46. The molecule has 1 saturated heterocycles. The average Bonchev–Trinajstić information content (AvgIpc) is 3.84. The summed E-state index contributed by atoms with van der Waals surface area (Å²) in [6.07, 6.45) is 9.06. The van der Waals surface area contributed by atoms with Crippen LogP contribution in [-0.2, 0) is 30.6 Å². The van der Waals surface area contributed by atoms with Crippen LogP contribution in [-0.4, -0.2) is 57.4 Å². The van der Waals surface area contributed by atoms with Crippen LogP contribution in [0, 0.1) is 0 Å². The van der Waals surface area contributed by atoms with Gasteiger partial charge >= 0.3 is 0 Å². The van der Waals surface area contributed by atoms with E-state index in [-0.39, 0.29) is 11.9 Å². The van der Waals surface area contributed by atoms with Gasteiger partial charge in [-0.2, -0.15) is 0 Å². The van der Waals surface area contributed by atoms with Gasteiger partial charge in [-0.25, -0.2) is 0 Å². The molecular formula is C37H41N7O3. The number of aryl methyl sites for hydroxylation is 2. The van der Waals surface area contributed by atoms with Gasteiger partial charge < -0.3 is 34.6 Å². The van der Waals surface area contributed by atoms with Crippen molar-refractivity contribution in [3.63, 3.8) is 0 Å². The van der Waals surface area contributed by atoms with E-state index in [9.17, 15) is 4.79 Å². The number of carbonyl (C=O) groups is 1. The van der Waals surface area contributed by atoms with E-state index in [2.05, 4.69) is 61.7 Å². The number of H-pyrrole nitrogens is 2. The van der Waals surface area contributed by atoms with E-state index in [4.69, 9.17) is 19.7 Å². The molecule has 4 N–H and O–H groups in total. The number of fused-ring (bicyclic) bond motifs is 2. The Morgan fingerprint density at radius 1 is 0.894 bits per heavy atom. The highest BCUT2D eigenvalue weighted by Crippen LogP contribution is 2.30. The number of aromatic nitrogens is 5. The van der Waals surface area contributed by atoms with Gasteiger partial charge in [-0.3, -0.25) is 4.79 Å². The third-order valence-electron chi connectivity index (χ3n) is 9.33. The molecule has 0 spiro atoms. The number of aromatic amines is 2. The van der Waals surface area contributed by atoms with Crippen LogP contribution in [0.5, 0.6) is 11.5 Å². The second kappa shape index (κ2) is 13.7. The molecule has 3 aromatic heterocycles. The van der Waals surface area contributed by atoms with E-state index in [1.807, 2.05) is 42.6 Å². The molecule has 4 heterocycles. The molecule has 0 saturated carbocycles. The normalized spacial score (nSPS) is 15.6. The lowest BCUT2D eigenvalue weighted by molar-refractivity contribution is -0.124. The predicted octanol–water partition coefficient (Wildman–Crippen LogP) is 5.63. The maximum absolute atomic E-state index is 13.8. The molecule has 1 fully saturated rings. The van der Waals surface area contributed by atoms with Crippen LogP contribution in [0.3, 0.4) is 0 Å². The Morgan fingerprint density at radius 3 is 2.36 bits per heavy atom. The molecule has 3 aromatic carbocycles. The van der Waals surface area contributed by atoms with Crippen molar-refractivity contribution in [3.05, 3.63) is 107 Å². The Kier molecular flexibility index (Phi) is 8.92. The fourth-order valence-electron chi connectivity index (χ4n) is 6.78. The predicted molar refractivity (Wildman–Crippen MR) is 183 cm³/mol. The molecule has 1 amide bonds. The van der Waals surface area contributed by atoms with Gasteiger partial charge in [-0.05, 0) is 61.2 Å². The number of ether oxygens (including phenoxy) is 2. The van der Waals surface area contributed by atoms with Crippen LogP contribution in [0.4, 0.5) is 0 Å². The molecule has 2 atom stereocenters. The molecular weight excluding hydrogens is 590 g/mol. The summed E-state index contributed by atoms with van der Waals surface area (Å²) in [5.41, 5.74) is 5.48. The highest BCUT2D eigenvalue weighted by atomic mass is 16.5. The number of carbonyl (C=O) groups excluding carboxylic acids is 1. The zero-order valence-corrected chi connectivity index (χ0v) is 26.9. The zero-order chi connectivity index (χ0) is 32.2. The van der Waals surface area contributed by atoms with E-state index < -0.39 is 6.04 Å². The number of amides is 1. The SMILES string of the molecule is COc1ccc(Cn2c(CCc3c[nH]c4ccccc34)nnc2[C@@H](Cc2c[nH]c3ccccc23)NC(=O)C2CCCCN2)c(OC)c1. The van der Waals surface area contributed by atoms with Gasteiger partial charge in [0.05, 0.1) is 32.8 Å². The molecule has 47 heavy (non-hydrogen) atoms. The minimum atomic E-state index is -0.413. The standard InChI is InChI=1S/C37H41N7O3/c1-46-27-16-14-25(34(20-27)47-2)23-44-35(17-15-24-21-39-30-11-5-3-9-28(24)30)42-43-36(44)33(41-37(45)32-13-7-8-18-38-32)19-26-22-40-31-12-6-4-10-29(26)31/h3-6,9-12,14,16,20-22,32-33,38-40H,7-8,13,15,17-19,23H2,1-2H3,(H,41,45)/t32?,33-/m1/s1. The van der Waals surface area contributed by atoms with Crippen LogP contribution in [0.2, 0.25) is 0 Å². The maximum atomic E-state index is 13.8. The van der Waals surface area contributed by atoms with Crippen LogP contribution in [0.1, 0.15) is 53.6 Å². The van der Waals surface area contributed by atoms with E-state index >= 15 is 0 Å². The zero-order valence-electron chi connectivity index (χ0n) is 26.9. The first-order valence-electron chi connectivity index (χ1n) is 16.4. The first kappa shape index (κ1) is 30.6. The van der Waals surface area contributed by atoms with Crippen LogP contribution in [0.25, 0.3) is 21.8 Å². The van der Waals surface area contributed by atoms with Crippen LogP contribution in [0.15, 0.2) is 79.1 Å². The second-order valence-electron chi connectivity index (χ2n) is 12.2. The van der Waals surface area contributed by atoms with Gasteiger partial charge in [-0.15, -0.1) is 10.2 Å². The lowest BCUT2D eigenvalue weighted by atomic mass is 10.0. The van der Waals surface area contributed by atoms with Gasteiger partial charge in [0.25, 0.3) is 0 Å². The quantitative estimate of drug-likeness (QED) is 0.139. The summed E-state index contributed by atoms with van der Waals surface area (Å²) in [5.74, 6) is 2.99. The number of benzene rings is 3. The number of hydrogen-bond acceptors (Lipinski definition) is 6. The summed E-state index contributed by atoms with van der Waals surface area (Å²) < 4.78 is 13.4. The number of piperidine rings is 1. The highest BCUT2D eigenvalue weighted by Gasteiger charge is 2.29. The Labute approximate surface area is 273 Å². The smallest absolute Gasteiger partial charge is 0.237 e. The second-order valence-corrected chi connectivity index (χ2v) is 12.2. The monoisotopic (exact) mass is 631 g/mol. The Hall–Kier alpha value is -5.09. The number of methoxy groups -OCH3 is 2. The topological polar surface area (TPSA) is 122 Å². The highest BCUT2D eigenvalue weighted by molar-refractivity contribution is 5.84. The molecule has 242 valence electrons. The van der Waals surface area contributed by atoms with Gasteiger partial charge in [0.15, 0.2) is 5.82 Å². The van der Waals surface area contributed by atoms with Gasteiger partial charge in [0.1, 0.15) is 17.3 Å². The van der Waals surface area contributed by atoms with Gasteiger partial charge in [0.2, 0.25) is 5.91 Å². The van der Waals surface area contributed by atoms with Gasteiger partial charge in [-0.1, -0.05) is 42.8 Å². The van der Waals surface area contributed by atoms with Crippen molar-refractivity contribution in [1.82, 2.24) is 35.4 Å². The summed E-state index contributed by atoms with van der Waals surface area (Å²) in [7, 11) is 3.31. The first-order chi connectivity index (χ1) is 23.1. The van der Waals surface area contributed by atoms with Crippen LogP contribution >= 0.6 is 0 Å². The van der Waals surface area contributed by atoms with Crippen molar-refractivity contribution in [2.75, 3.05) is 20.8 Å². The first-order valence-corrected chi connectivity index (χ1v) is 16.4. The molecule has 0 aliphatic carbocycles. The number of nitrogens with zero attached hydrogens (tertiary/aromatic N) is 3. The van der Waals surface area contributed by atoms with E-state index in [0.717, 1.165) is 77.1 Å². The summed E-state index contributed by atoms with van der Waals surface area (Å²) in [6, 6.07) is 21.8. The molecule has 6 aromatic rings. The maximum Gasteiger partial charge on any atom is 0.237 e. The average molecular weight is 632 g/mol. The van der Waals surface area contributed by atoms with Gasteiger partial charge in [0, 0.05) is 58.7 Å². The Bertz CT molecular complexity index is 1980. The molecule has 10 nitrogen and oxygen atoms in total. The summed E-state index contributed by atoms with van der Waals surface area (Å²) >= 11 is 0. The molecule has 1 aliphatic rings. The lowest BCUT2D eigenvalue weighted by Gasteiger charge is -2.26. The Balaban J connectivity index is 1.27. The van der Waals surface area contributed by atoms with Crippen molar-refractivity contribution >= 4 is 27.7 Å². The molecule has 7 rings (SSSR count). The van der Waals surface area contributed by atoms with E-state index in [1.165, 1.54) is 10.9 Å². The van der Waals surface area contributed by atoms with Crippen molar-refractivity contribution in [1.29, 1.82) is 0 Å². The summed E-state index contributed by atoms with van der Waals surface area (Å²) in [6.45, 7) is 1.32. The number of para-hydroxylation sites is 2. The van der Waals surface area contributed by atoms with Crippen molar-refractivity contribution in [2.24, 2.45) is 0 Å². The van der Waals surface area contributed by atoms with E-state index in [1.54, 1.807) is 14.2 Å². The van der Waals surface area contributed by atoms with Crippen molar-refractivity contribution in [2.45, 2.75) is 57.2 Å². The Morgan fingerprint density at radius 2 is 1.64 bits per heavy atom. The number of rotatable bonds is 12. The summed E-state index contributed by atoms with van der Waals surface area (Å²) in [4.78, 5) is 20.5. The molecule has 0 bridgehead atoms. The molecule has 0 radical (unpaired) electrons. The largest absolute Gasteiger partial charge is 0.497 e. The molecule has 1 aliphatic heterocycles. The fraction of sp³-hybridized carbons (Fsp3) is 0.324. The number of hydrogen-bond donors (Lipinski definition) is 4. The minimum Gasteiger partial charge on any atom is -0.497 e. The molecule has 10 heteroatoms. The number of nitrogens with one attached hydrogen (secondary N) is 4. The van der Waals surface area contributed by atoms with Crippen molar-refractivity contribution in [3.8, 4) is 11.5 Å². The fourth-order valence-corrected chi connectivity index (χ4v) is 6.78. The lowest BCUT2D eigenvalue weighted by Crippen LogP contribution is -2.48. The van der Waals surface area contributed by atoms with Crippen LogP contribution < -0.4 is 20.1 Å². The van der Waals surface area contributed by atoms with E-state index in [0.29, 0.717) is 25.2 Å². The minimum absolute atomic E-state index is 0.00791. The summed E-state index contributed by atoms with van der Waals surface area (Å²) in [5, 5.41) is 18.7. The molecule has 1 unspecified atom stereocenters. The third-order valence-corrected chi connectivity index (χ3v) is 9.33. The van der Waals surface area contributed by atoms with Crippen molar-refractivity contribution < 1.29 is 14.3 Å².